The summed E-state index contributed by atoms with van der Waals surface area (Å²) in [4.78, 5) is 50.4. The van der Waals surface area contributed by atoms with Crippen molar-refractivity contribution < 1.29 is 19.2 Å². The number of carbonyl (C=O) groups is 4. The van der Waals surface area contributed by atoms with E-state index < -0.39 is 23.7 Å². The molecule has 4 fully saturated rings. The molecular formula is C16H13NO4. The lowest BCUT2D eigenvalue weighted by Gasteiger charge is -2.40. The third-order valence-electron chi connectivity index (χ3n) is 4.95. The van der Waals surface area contributed by atoms with Crippen LogP contribution in [0.5, 0.6) is 0 Å². The van der Waals surface area contributed by atoms with Gasteiger partial charge in [0.05, 0.1) is 17.5 Å². The van der Waals surface area contributed by atoms with Crippen molar-refractivity contribution in [2.45, 2.75) is 12.8 Å². The SMILES string of the molecule is O=C1C[C@H]2C(=O)C[C@H]1[C@H]1C(=O)N(c3ccccc3)C(=O)[C@H]12. The van der Waals surface area contributed by atoms with Gasteiger partial charge in [0.2, 0.25) is 11.8 Å². The fraction of sp³-hybridized carbons (Fsp3) is 0.375. The molecule has 106 valence electrons. The van der Waals surface area contributed by atoms with Crippen LogP contribution < -0.4 is 4.90 Å². The third-order valence-corrected chi connectivity index (χ3v) is 4.95. The maximum atomic E-state index is 12.6. The topological polar surface area (TPSA) is 71.5 Å². The highest BCUT2D eigenvalue weighted by Gasteiger charge is 2.63. The van der Waals surface area contributed by atoms with Crippen LogP contribution in [-0.4, -0.2) is 23.4 Å². The van der Waals surface area contributed by atoms with Gasteiger partial charge in [0, 0.05) is 24.7 Å². The van der Waals surface area contributed by atoms with Crippen molar-refractivity contribution >= 4 is 29.1 Å². The van der Waals surface area contributed by atoms with Gasteiger partial charge in [-0.3, -0.25) is 24.1 Å². The van der Waals surface area contributed by atoms with Crippen LogP contribution in [0.4, 0.5) is 5.69 Å². The molecule has 0 aromatic heterocycles. The van der Waals surface area contributed by atoms with Crippen LogP contribution in [-0.2, 0) is 19.2 Å². The number of nitrogens with zero attached hydrogens (tertiary/aromatic N) is 1. The second-order valence-electron chi connectivity index (χ2n) is 5.95. The molecule has 5 nitrogen and oxygen atoms in total. The van der Waals surface area contributed by atoms with Gasteiger partial charge >= 0.3 is 0 Å². The number of Topliss-reactive ketones (excluding diaryl/α,β-unsaturated/α-hetero) is 2. The van der Waals surface area contributed by atoms with E-state index in [-0.39, 0.29) is 36.2 Å². The highest BCUT2D eigenvalue weighted by molar-refractivity contribution is 6.25. The van der Waals surface area contributed by atoms with Crippen LogP contribution in [0.15, 0.2) is 30.3 Å². The summed E-state index contributed by atoms with van der Waals surface area (Å²) in [5.41, 5.74) is 0.515. The highest BCUT2D eigenvalue weighted by atomic mass is 16.2. The Morgan fingerprint density at radius 2 is 1.24 bits per heavy atom. The van der Waals surface area contributed by atoms with Gasteiger partial charge in [0.1, 0.15) is 11.6 Å². The number of hydrogen-bond acceptors (Lipinski definition) is 4. The second kappa shape index (κ2) is 4.10. The van der Waals surface area contributed by atoms with Crippen molar-refractivity contribution in [3.05, 3.63) is 30.3 Å². The summed E-state index contributed by atoms with van der Waals surface area (Å²) in [5, 5.41) is 0. The van der Waals surface area contributed by atoms with Crippen LogP contribution in [0.25, 0.3) is 0 Å². The number of carbonyl (C=O) groups excluding carboxylic acids is 4. The van der Waals surface area contributed by atoms with Gasteiger partial charge in [-0.05, 0) is 12.1 Å². The summed E-state index contributed by atoms with van der Waals surface area (Å²) in [5.74, 6) is -3.22. The van der Waals surface area contributed by atoms with E-state index in [0.29, 0.717) is 5.69 Å². The first-order valence-corrected chi connectivity index (χ1v) is 7.08. The minimum Gasteiger partial charge on any atom is -0.299 e. The molecule has 21 heavy (non-hydrogen) atoms. The maximum absolute atomic E-state index is 12.6. The third kappa shape index (κ3) is 1.51. The number of rotatable bonds is 1. The Balaban J connectivity index is 1.80. The minimum absolute atomic E-state index is 0.0445. The molecule has 0 spiro atoms. The quantitative estimate of drug-likeness (QED) is 0.720. The average molecular weight is 283 g/mol. The number of hydrogen-bond donors (Lipinski definition) is 0. The molecule has 0 unspecified atom stereocenters. The van der Waals surface area contributed by atoms with Gasteiger partial charge in [-0.15, -0.1) is 0 Å². The van der Waals surface area contributed by atoms with Gasteiger partial charge in [0.25, 0.3) is 0 Å². The molecule has 4 aliphatic rings. The van der Waals surface area contributed by atoms with E-state index in [9.17, 15) is 19.2 Å². The Bertz CT molecular complexity index is 641. The Kier molecular flexibility index (Phi) is 2.43. The van der Waals surface area contributed by atoms with E-state index >= 15 is 0 Å². The Morgan fingerprint density at radius 3 is 1.71 bits per heavy atom. The van der Waals surface area contributed by atoms with Crippen LogP contribution in [0, 0.1) is 23.7 Å². The second-order valence-corrected chi connectivity index (χ2v) is 5.95. The number of benzene rings is 1. The van der Waals surface area contributed by atoms with Crippen LogP contribution >= 0.6 is 0 Å². The molecule has 0 N–H and O–H groups in total. The summed E-state index contributed by atoms with van der Waals surface area (Å²) in [7, 11) is 0. The zero-order valence-electron chi connectivity index (χ0n) is 11.2. The smallest absolute Gasteiger partial charge is 0.238 e. The Morgan fingerprint density at radius 1 is 0.762 bits per heavy atom. The summed E-state index contributed by atoms with van der Waals surface area (Å²) in [6, 6.07) is 8.70. The molecule has 4 atom stereocenters. The lowest BCUT2D eigenvalue weighted by atomic mass is 9.58. The van der Waals surface area contributed by atoms with Gasteiger partial charge in [-0.1, -0.05) is 18.2 Å². The van der Waals surface area contributed by atoms with E-state index in [4.69, 9.17) is 0 Å². The summed E-state index contributed by atoms with van der Waals surface area (Å²) < 4.78 is 0. The zero-order valence-corrected chi connectivity index (χ0v) is 11.2. The predicted octanol–water partition coefficient (Wildman–Crippen LogP) is 0.970. The molecule has 1 heterocycles. The molecule has 5 rings (SSSR count). The fourth-order valence-electron chi connectivity index (χ4n) is 4.01. The lowest BCUT2D eigenvalue weighted by Crippen LogP contribution is -2.51. The van der Waals surface area contributed by atoms with E-state index in [1.165, 1.54) is 0 Å². The van der Waals surface area contributed by atoms with E-state index in [1.54, 1.807) is 30.3 Å². The van der Waals surface area contributed by atoms with Crippen molar-refractivity contribution in [1.29, 1.82) is 0 Å². The van der Waals surface area contributed by atoms with Crippen molar-refractivity contribution in [2.75, 3.05) is 4.90 Å². The minimum atomic E-state index is -0.637. The summed E-state index contributed by atoms with van der Waals surface area (Å²) in [6.45, 7) is 0. The number of para-hydroxylation sites is 1. The van der Waals surface area contributed by atoms with E-state index in [0.717, 1.165) is 4.90 Å². The number of amides is 2. The average Bonchev–Trinajstić information content (AvgIpc) is 2.74. The number of imide groups is 1. The molecule has 3 saturated carbocycles. The number of fused-ring (bicyclic) bond motifs is 2. The van der Waals surface area contributed by atoms with E-state index in [1.807, 2.05) is 0 Å². The molecule has 5 heteroatoms. The number of ketones is 2. The first-order chi connectivity index (χ1) is 10.1. The summed E-state index contributed by atoms with van der Waals surface area (Å²) in [6.07, 6.45) is 0.235. The van der Waals surface area contributed by atoms with Crippen LogP contribution in [0.3, 0.4) is 0 Å². The first kappa shape index (κ1) is 12.4. The molecule has 3 aliphatic carbocycles. The molecule has 2 amide bonds. The van der Waals surface area contributed by atoms with Gasteiger partial charge in [-0.2, -0.15) is 0 Å². The van der Waals surface area contributed by atoms with Crippen molar-refractivity contribution in [3.8, 4) is 0 Å². The largest absolute Gasteiger partial charge is 0.299 e. The molecule has 1 aromatic rings. The van der Waals surface area contributed by atoms with Gasteiger partial charge in [0.15, 0.2) is 0 Å². The standard InChI is InChI=1S/C16H13NO4/c18-11-6-9-12(19)7-10(11)14-13(9)15(20)17(16(14)21)8-4-2-1-3-5-8/h1-5,9-10,13-14H,6-7H2/t9-,10+,13-,14+. The predicted molar refractivity (Wildman–Crippen MR) is 72.1 cm³/mol. The van der Waals surface area contributed by atoms with Crippen LogP contribution in [0.2, 0.25) is 0 Å². The molecule has 1 aromatic carbocycles. The zero-order chi connectivity index (χ0) is 14.7. The highest BCUT2D eigenvalue weighted by Crippen LogP contribution is 2.50. The summed E-state index contributed by atoms with van der Waals surface area (Å²) >= 11 is 0. The maximum Gasteiger partial charge on any atom is 0.238 e. The molecule has 2 bridgehead atoms. The van der Waals surface area contributed by atoms with Crippen LogP contribution in [0.1, 0.15) is 12.8 Å². The molecular weight excluding hydrogens is 270 g/mol. The Hall–Kier alpha value is -2.30. The fourth-order valence-corrected chi connectivity index (χ4v) is 4.01. The monoisotopic (exact) mass is 283 g/mol. The molecule has 1 saturated heterocycles. The number of anilines is 1. The lowest BCUT2D eigenvalue weighted by molar-refractivity contribution is -0.153. The molecule has 0 radical (unpaired) electrons. The van der Waals surface area contributed by atoms with Gasteiger partial charge in [-0.25, -0.2) is 0 Å². The normalized spacial score (nSPS) is 34.6. The van der Waals surface area contributed by atoms with E-state index in [2.05, 4.69) is 0 Å². The van der Waals surface area contributed by atoms with Gasteiger partial charge < -0.3 is 0 Å². The molecule has 1 aliphatic heterocycles. The van der Waals surface area contributed by atoms with Crippen molar-refractivity contribution in [1.82, 2.24) is 0 Å². The van der Waals surface area contributed by atoms with Crippen molar-refractivity contribution in [2.24, 2.45) is 23.7 Å². The Labute approximate surface area is 120 Å². The van der Waals surface area contributed by atoms with Crippen molar-refractivity contribution in [3.63, 3.8) is 0 Å². The first-order valence-electron chi connectivity index (χ1n) is 7.08.